The van der Waals surface area contributed by atoms with Crippen molar-refractivity contribution in [2.75, 3.05) is 9.80 Å². The number of fused-ring (bicyclic) bond motifs is 15. The molecular weight excluding hydrogens is 1080 g/mol. The molecule has 0 amide bonds. The highest BCUT2D eigenvalue weighted by Gasteiger charge is 2.54. The molecule has 0 fully saturated rings. The number of para-hydroxylation sites is 6. The summed E-state index contributed by atoms with van der Waals surface area (Å²) in [5.41, 5.74) is 12.6. The summed E-state index contributed by atoms with van der Waals surface area (Å²) in [6, 6.07) is 66.8. The van der Waals surface area contributed by atoms with Crippen molar-refractivity contribution in [3.8, 4) is 11.1 Å². The van der Waals surface area contributed by atoms with Crippen molar-refractivity contribution in [3.63, 3.8) is 0 Å². The summed E-state index contributed by atoms with van der Waals surface area (Å²) in [6.07, 6.45) is -7.11. The van der Waals surface area contributed by atoms with Crippen LogP contribution in [0.5, 0.6) is 0 Å². The first kappa shape index (κ1) is 51.8. The fourth-order valence-corrected chi connectivity index (χ4v) is 15.8. The Morgan fingerprint density at radius 2 is 0.810 bits per heavy atom. The lowest BCUT2D eigenvalue weighted by Gasteiger charge is -2.46. The van der Waals surface area contributed by atoms with E-state index < -0.39 is 37.0 Å². The minimum Gasteiger partial charge on any atom is -0.453 e. The van der Waals surface area contributed by atoms with Gasteiger partial charge in [0.1, 0.15) is 11.2 Å². The summed E-state index contributed by atoms with van der Waals surface area (Å²) in [5.74, 6) is 0.0521. The molecule has 0 radical (unpaired) electrons. The number of furan rings is 2. The number of halogens is 6. The van der Waals surface area contributed by atoms with Crippen molar-refractivity contribution < 1.29 is 35.2 Å². The summed E-state index contributed by atoms with van der Waals surface area (Å²) in [7, 11) is -2.18. The Hall–Kier alpha value is -9.06. The maximum Gasteiger partial charge on any atom is 0.420 e. The van der Waals surface area contributed by atoms with E-state index in [0.717, 1.165) is 79.0 Å². The predicted molar refractivity (Wildman–Crippen MR) is 329 cm³/mol. The van der Waals surface area contributed by atoms with Gasteiger partial charge in [0.25, 0.3) is 0 Å². The first-order valence-electron chi connectivity index (χ1n) is 28.3. The molecule has 1 atom stereocenters. The highest BCUT2D eigenvalue weighted by molar-refractivity contribution is 6.89. The highest BCUT2D eigenvalue weighted by Crippen LogP contribution is 2.64. The van der Waals surface area contributed by atoms with Crippen molar-refractivity contribution in [3.05, 3.63) is 268 Å². The zero-order valence-electron chi connectivity index (χ0n) is 46.8. The first-order valence-corrected chi connectivity index (χ1v) is 31.8. The summed E-state index contributed by atoms with van der Waals surface area (Å²) in [5, 5.41) is 2.99. The maximum atomic E-state index is 14.8. The normalized spacial score (nSPS) is 15.8. The van der Waals surface area contributed by atoms with Crippen LogP contribution in [0.1, 0.15) is 76.8 Å². The average Bonchev–Trinajstić information content (AvgIpc) is 1.42. The van der Waals surface area contributed by atoms with E-state index in [1.165, 1.54) is 28.8 Å². The van der Waals surface area contributed by atoms with Crippen LogP contribution in [0.25, 0.3) is 55.0 Å². The van der Waals surface area contributed by atoms with Gasteiger partial charge in [-0.1, -0.05) is 191 Å². The van der Waals surface area contributed by atoms with Crippen LogP contribution in [-0.2, 0) is 23.2 Å². The second-order valence-electron chi connectivity index (χ2n) is 24.2. The van der Waals surface area contributed by atoms with Crippen LogP contribution in [-0.4, -0.2) is 8.07 Å². The van der Waals surface area contributed by atoms with E-state index in [2.05, 4.69) is 165 Å². The van der Waals surface area contributed by atoms with E-state index in [1.54, 1.807) is 12.1 Å². The van der Waals surface area contributed by atoms with Gasteiger partial charge in [0.2, 0.25) is 0 Å². The van der Waals surface area contributed by atoms with Crippen LogP contribution in [0.3, 0.4) is 0 Å². The molecule has 1 unspecified atom stereocenters. The van der Waals surface area contributed by atoms with E-state index in [1.807, 2.05) is 60.7 Å². The fourth-order valence-electron chi connectivity index (χ4n) is 14.2. The lowest BCUT2D eigenvalue weighted by molar-refractivity contribution is -0.137. The Balaban J connectivity index is 1.04. The molecule has 0 N–H and O–H groups in total. The number of nitrogens with zero attached hydrogens (tertiary/aromatic N) is 2. The molecule has 0 aliphatic heterocycles. The number of hydrogen-bond donors (Lipinski definition) is 0. The van der Waals surface area contributed by atoms with Crippen molar-refractivity contribution in [2.45, 2.75) is 69.5 Å². The third-order valence-corrected chi connectivity index (χ3v) is 20.0. The Labute approximate surface area is 482 Å². The van der Waals surface area contributed by atoms with Gasteiger partial charge >= 0.3 is 12.4 Å². The van der Waals surface area contributed by atoms with E-state index in [0.29, 0.717) is 44.1 Å². The number of hydrogen-bond acceptors (Lipinski definition) is 4. The van der Waals surface area contributed by atoms with Crippen LogP contribution in [0, 0.1) is 0 Å². The summed E-state index contributed by atoms with van der Waals surface area (Å²) >= 11 is 0. The molecule has 15 rings (SSSR count). The van der Waals surface area contributed by atoms with E-state index in [4.69, 9.17) is 8.83 Å². The third-order valence-electron chi connectivity index (χ3n) is 18.0. The molecule has 10 aromatic carbocycles. The first-order chi connectivity index (χ1) is 40.3. The number of rotatable bonds is 8. The van der Waals surface area contributed by atoms with Crippen molar-refractivity contribution in [1.82, 2.24) is 0 Å². The zero-order valence-corrected chi connectivity index (χ0v) is 47.8. The van der Waals surface area contributed by atoms with Gasteiger partial charge in [-0.3, -0.25) is 0 Å². The standard InChI is InChI=1S/C73H54F6N2O2Si/c1-42-39-50(42)45-19-7-12-30-61(45)80(63-32-17-22-48-46-20-15-28-59(72(74,75)76)66(46)82-68(48)63)43-35-37-53-51(40-43)52-41-44(36-38-54(52)71(53)57-26-10-8-24-55(57)70(2,3)56-25-9-11-27-58(56)71)81(62-31-13-14-34-65(62)84(4,5)6)64-33-18-23-49-47-21-16-29-60(73(77,78)79)67(47)83-69(49)64/h7-41,50H,1-6H3. The second-order valence-corrected chi connectivity index (χ2v) is 29.2. The van der Waals surface area contributed by atoms with Gasteiger partial charge in [-0.25, -0.2) is 0 Å². The zero-order chi connectivity index (χ0) is 58.0. The smallest absolute Gasteiger partial charge is 0.420 e. The molecule has 1 spiro atoms. The highest BCUT2D eigenvalue weighted by atomic mass is 28.3. The second kappa shape index (κ2) is 18.0. The quantitative estimate of drug-likeness (QED) is 0.0862. The fraction of sp³-hybridized carbons (Fsp3) is 0.151. The van der Waals surface area contributed by atoms with Crippen molar-refractivity contribution in [1.29, 1.82) is 0 Å². The Bertz CT molecular complexity index is 4740. The van der Waals surface area contributed by atoms with Crippen LogP contribution in [0.4, 0.5) is 60.5 Å². The molecule has 3 aliphatic carbocycles. The van der Waals surface area contributed by atoms with E-state index in [-0.39, 0.29) is 22.5 Å². The van der Waals surface area contributed by atoms with Crippen molar-refractivity contribution >= 4 is 91.3 Å². The molecule has 84 heavy (non-hydrogen) atoms. The Kier molecular flexibility index (Phi) is 11.1. The lowest BCUT2D eigenvalue weighted by Crippen LogP contribution is -2.41. The third kappa shape index (κ3) is 7.46. The Morgan fingerprint density at radius 3 is 1.27 bits per heavy atom. The predicted octanol–water partition coefficient (Wildman–Crippen LogP) is 21.1. The largest absolute Gasteiger partial charge is 0.453 e. The molecule has 0 bridgehead atoms. The molecule has 0 saturated heterocycles. The van der Waals surface area contributed by atoms with E-state index >= 15 is 0 Å². The topological polar surface area (TPSA) is 32.8 Å². The molecule has 2 aromatic heterocycles. The Morgan fingerprint density at radius 1 is 0.417 bits per heavy atom. The summed E-state index contributed by atoms with van der Waals surface area (Å²) in [4.78, 5) is 4.30. The van der Waals surface area contributed by atoms with Crippen molar-refractivity contribution in [2.24, 2.45) is 0 Å². The molecule has 12 aromatic rings. The number of allylic oxidation sites excluding steroid dienone is 2. The molecule has 2 heterocycles. The average molecular weight is 1130 g/mol. The van der Waals surface area contributed by atoms with Gasteiger partial charge in [-0.15, -0.1) is 0 Å². The molecule has 11 heteroatoms. The summed E-state index contributed by atoms with van der Waals surface area (Å²) < 4.78 is 102. The van der Waals surface area contributed by atoms with Gasteiger partial charge in [0, 0.05) is 49.9 Å². The van der Waals surface area contributed by atoms with Crippen LogP contribution in [0.15, 0.2) is 227 Å². The van der Waals surface area contributed by atoms with Crippen LogP contribution < -0.4 is 15.0 Å². The minimum absolute atomic E-state index is 0.0521. The van der Waals surface area contributed by atoms with Crippen LogP contribution in [0.2, 0.25) is 19.6 Å². The maximum absolute atomic E-state index is 14.8. The molecule has 0 saturated carbocycles. The molecule has 4 nitrogen and oxygen atoms in total. The van der Waals surface area contributed by atoms with Crippen LogP contribution >= 0.6 is 0 Å². The molecular formula is C73H54F6N2O2Si. The van der Waals surface area contributed by atoms with Gasteiger partial charge in [0.05, 0.1) is 41.7 Å². The summed E-state index contributed by atoms with van der Waals surface area (Å²) in [6.45, 7) is 13.5. The van der Waals surface area contributed by atoms with Gasteiger partial charge in [-0.2, -0.15) is 26.3 Å². The number of anilines is 6. The number of alkyl halides is 6. The monoisotopic (exact) mass is 1130 g/mol. The number of benzene rings is 10. The lowest BCUT2D eigenvalue weighted by atomic mass is 9.55. The minimum atomic E-state index is -4.66. The molecule has 3 aliphatic rings. The van der Waals surface area contributed by atoms with Gasteiger partial charge < -0.3 is 18.6 Å². The van der Waals surface area contributed by atoms with Gasteiger partial charge in [0.15, 0.2) is 11.2 Å². The van der Waals surface area contributed by atoms with Gasteiger partial charge in [-0.05, 0) is 123 Å². The SMILES string of the molecule is CC1=CC1c1ccccc1N(c1ccc2c(c1)-c1cc(N(c3ccccc3[Si](C)(C)C)c3cccc4c3oc3c(C(F)(F)F)cccc34)ccc1C21c2ccccc2C(C)(C)c2ccccc21)c1cccc2c1oc1c(C(F)(F)F)cccc12. The van der Waals surface area contributed by atoms with E-state index in [9.17, 15) is 26.3 Å². The molecule has 414 valence electrons.